The minimum Gasteiger partial charge on any atom is -0.352 e. The minimum absolute atomic E-state index is 0.0194. The van der Waals surface area contributed by atoms with E-state index in [1.807, 2.05) is 31.2 Å². The average Bonchev–Trinajstić information content (AvgIpc) is 2.24. The molecule has 1 atom stereocenters. The molecule has 0 aromatic heterocycles. The van der Waals surface area contributed by atoms with Crippen molar-refractivity contribution in [2.45, 2.75) is 31.5 Å². The molecule has 0 heterocycles. The van der Waals surface area contributed by atoms with Crippen LogP contribution in [0.5, 0.6) is 0 Å². The van der Waals surface area contributed by atoms with Crippen LogP contribution in [0.1, 0.15) is 35.7 Å². The molecule has 0 aliphatic carbocycles. The maximum atomic E-state index is 11.7. The monoisotopic (exact) mass is 283 g/mol. The smallest absolute Gasteiger partial charge is 0.251 e. The fraction of sp³-hybridized carbons (Fsp3) is 0.462. The first-order chi connectivity index (χ1) is 7.59. The van der Waals surface area contributed by atoms with Crippen molar-refractivity contribution in [3.63, 3.8) is 0 Å². The van der Waals surface area contributed by atoms with Crippen LogP contribution in [0.3, 0.4) is 0 Å². The van der Waals surface area contributed by atoms with Crippen molar-refractivity contribution in [3.05, 3.63) is 35.4 Å². The summed E-state index contributed by atoms with van der Waals surface area (Å²) >= 11 is 3.48. The first-order valence-corrected chi connectivity index (χ1v) is 6.50. The summed E-state index contributed by atoms with van der Waals surface area (Å²) in [6.45, 7) is 4.84. The molecule has 1 aromatic carbocycles. The summed E-state index contributed by atoms with van der Waals surface area (Å²) < 4.78 is 0. The molecule has 2 nitrogen and oxygen atoms in total. The third-order valence-electron chi connectivity index (χ3n) is 2.34. The van der Waals surface area contributed by atoms with Gasteiger partial charge >= 0.3 is 0 Å². The Kier molecular flexibility index (Phi) is 5.53. The normalized spacial score (nSPS) is 12.2. The molecule has 0 aliphatic rings. The largest absolute Gasteiger partial charge is 0.352 e. The van der Waals surface area contributed by atoms with E-state index in [9.17, 15) is 4.79 Å². The molecule has 1 amide bonds. The van der Waals surface area contributed by atoms with Gasteiger partial charge in [-0.25, -0.2) is 0 Å². The highest BCUT2D eigenvalue weighted by Crippen LogP contribution is 2.06. The van der Waals surface area contributed by atoms with Gasteiger partial charge in [0, 0.05) is 16.9 Å². The van der Waals surface area contributed by atoms with E-state index >= 15 is 0 Å². The highest BCUT2D eigenvalue weighted by molar-refractivity contribution is 9.09. The van der Waals surface area contributed by atoms with E-state index in [0.29, 0.717) is 4.83 Å². The lowest BCUT2D eigenvalue weighted by Gasteiger charge is -2.06. The van der Waals surface area contributed by atoms with Crippen LogP contribution in [-0.4, -0.2) is 17.3 Å². The Labute approximate surface area is 106 Å². The maximum absolute atomic E-state index is 11.7. The molecule has 0 fully saturated rings. The van der Waals surface area contributed by atoms with Gasteiger partial charge in [-0.1, -0.05) is 40.5 Å². The molecule has 16 heavy (non-hydrogen) atoms. The molecule has 0 bridgehead atoms. The molecule has 0 saturated heterocycles. The molecule has 1 unspecified atom stereocenters. The van der Waals surface area contributed by atoms with Crippen LogP contribution >= 0.6 is 15.9 Å². The quantitative estimate of drug-likeness (QED) is 0.652. The Morgan fingerprint density at radius 3 is 2.88 bits per heavy atom. The van der Waals surface area contributed by atoms with E-state index in [2.05, 4.69) is 28.2 Å². The van der Waals surface area contributed by atoms with Gasteiger partial charge in [-0.15, -0.1) is 0 Å². The molecule has 0 radical (unpaired) electrons. The fourth-order valence-electron chi connectivity index (χ4n) is 1.47. The molecule has 0 spiro atoms. The Morgan fingerprint density at radius 2 is 2.25 bits per heavy atom. The number of hydrogen-bond donors (Lipinski definition) is 1. The van der Waals surface area contributed by atoms with Gasteiger partial charge in [-0.3, -0.25) is 4.79 Å². The molecule has 0 aliphatic heterocycles. The number of halogens is 1. The van der Waals surface area contributed by atoms with Crippen molar-refractivity contribution >= 4 is 21.8 Å². The standard InChI is InChI=1S/C13H18BrNO/c1-10-5-3-7-12(9-10)13(16)15-8-4-6-11(2)14/h3,5,7,9,11H,4,6,8H2,1-2H3,(H,15,16). The number of alkyl halides is 1. The van der Waals surface area contributed by atoms with Gasteiger partial charge in [-0.05, 0) is 31.9 Å². The summed E-state index contributed by atoms with van der Waals surface area (Å²) in [7, 11) is 0. The van der Waals surface area contributed by atoms with Gasteiger partial charge in [0.2, 0.25) is 0 Å². The second-order valence-electron chi connectivity index (χ2n) is 4.05. The summed E-state index contributed by atoms with van der Waals surface area (Å²) in [5.41, 5.74) is 1.86. The van der Waals surface area contributed by atoms with Crippen molar-refractivity contribution in [2.75, 3.05) is 6.54 Å². The SMILES string of the molecule is Cc1cccc(C(=O)NCCCC(C)Br)c1. The van der Waals surface area contributed by atoms with Crippen LogP contribution in [0, 0.1) is 6.92 Å². The zero-order chi connectivity index (χ0) is 12.0. The van der Waals surface area contributed by atoms with Crippen molar-refractivity contribution in [3.8, 4) is 0 Å². The van der Waals surface area contributed by atoms with Gasteiger partial charge < -0.3 is 5.32 Å². The van der Waals surface area contributed by atoms with Crippen LogP contribution in [0.4, 0.5) is 0 Å². The van der Waals surface area contributed by atoms with E-state index in [4.69, 9.17) is 0 Å². The van der Waals surface area contributed by atoms with E-state index in [0.717, 1.165) is 30.5 Å². The van der Waals surface area contributed by atoms with Crippen molar-refractivity contribution < 1.29 is 4.79 Å². The maximum Gasteiger partial charge on any atom is 0.251 e. The van der Waals surface area contributed by atoms with Gasteiger partial charge in [0.25, 0.3) is 5.91 Å². The summed E-state index contributed by atoms with van der Waals surface area (Å²) in [5, 5.41) is 2.92. The third kappa shape index (κ3) is 4.79. The van der Waals surface area contributed by atoms with Crippen LogP contribution in [-0.2, 0) is 0 Å². The molecule has 3 heteroatoms. The fourth-order valence-corrected chi connectivity index (χ4v) is 1.80. The number of amides is 1. The van der Waals surface area contributed by atoms with E-state index in [1.165, 1.54) is 0 Å². The summed E-state index contributed by atoms with van der Waals surface area (Å²) in [5.74, 6) is 0.0194. The topological polar surface area (TPSA) is 29.1 Å². The first kappa shape index (κ1) is 13.2. The lowest BCUT2D eigenvalue weighted by molar-refractivity contribution is 0.0953. The minimum atomic E-state index is 0.0194. The summed E-state index contributed by atoms with van der Waals surface area (Å²) in [6, 6.07) is 7.64. The van der Waals surface area contributed by atoms with Gasteiger partial charge in [-0.2, -0.15) is 0 Å². The zero-order valence-corrected chi connectivity index (χ0v) is 11.4. The Morgan fingerprint density at radius 1 is 1.50 bits per heavy atom. The molecule has 1 rings (SSSR count). The Balaban J connectivity index is 2.35. The molecule has 1 N–H and O–H groups in total. The highest BCUT2D eigenvalue weighted by Gasteiger charge is 2.04. The van der Waals surface area contributed by atoms with Gasteiger partial charge in [0.15, 0.2) is 0 Å². The van der Waals surface area contributed by atoms with Gasteiger partial charge in [0.1, 0.15) is 0 Å². The van der Waals surface area contributed by atoms with Crippen LogP contribution in [0.2, 0.25) is 0 Å². The number of nitrogens with one attached hydrogen (secondary N) is 1. The highest BCUT2D eigenvalue weighted by atomic mass is 79.9. The molecular weight excluding hydrogens is 266 g/mol. The number of hydrogen-bond acceptors (Lipinski definition) is 1. The van der Waals surface area contributed by atoms with Crippen LogP contribution in [0.15, 0.2) is 24.3 Å². The summed E-state index contributed by atoms with van der Waals surface area (Å²) in [6.07, 6.45) is 2.08. The van der Waals surface area contributed by atoms with E-state index in [1.54, 1.807) is 0 Å². The van der Waals surface area contributed by atoms with Crippen molar-refractivity contribution in [1.82, 2.24) is 5.32 Å². The first-order valence-electron chi connectivity index (χ1n) is 5.58. The Bertz CT molecular complexity index is 350. The average molecular weight is 284 g/mol. The predicted octanol–water partition coefficient (Wildman–Crippen LogP) is 3.29. The number of carbonyl (C=O) groups is 1. The van der Waals surface area contributed by atoms with Crippen molar-refractivity contribution in [2.24, 2.45) is 0 Å². The van der Waals surface area contributed by atoms with Gasteiger partial charge in [0.05, 0.1) is 0 Å². The predicted molar refractivity (Wildman–Crippen MR) is 71.1 cm³/mol. The second kappa shape index (κ2) is 6.69. The third-order valence-corrected chi connectivity index (χ3v) is 2.80. The lowest BCUT2D eigenvalue weighted by atomic mass is 10.1. The molecular formula is C13H18BrNO. The molecule has 1 aromatic rings. The summed E-state index contributed by atoms with van der Waals surface area (Å²) in [4.78, 5) is 12.2. The van der Waals surface area contributed by atoms with Crippen LogP contribution < -0.4 is 5.32 Å². The zero-order valence-electron chi connectivity index (χ0n) is 9.79. The number of benzene rings is 1. The number of rotatable bonds is 5. The van der Waals surface area contributed by atoms with E-state index < -0.39 is 0 Å². The second-order valence-corrected chi connectivity index (χ2v) is 5.61. The van der Waals surface area contributed by atoms with E-state index in [-0.39, 0.29) is 5.91 Å². The van der Waals surface area contributed by atoms with Crippen molar-refractivity contribution in [1.29, 1.82) is 0 Å². The molecule has 88 valence electrons. The number of aryl methyl sites for hydroxylation is 1. The lowest BCUT2D eigenvalue weighted by Crippen LogP contribution is -2.24. The Hall–Kier alpha value is -0.830. The van der Waals surface area contributed by atoms with Crippen LogP contribution in [0.25, 0.3) is 0 Å². The molecule has 0 saturated carbocycles. The number of carbonyl (C=O) groups excluding carboxylic acids is 1.